The minimum atomic E-state index is -0.258. The summed E-state index contributed by atoms with van der Waals surface area (Å²) >= 11 is 8.65. The van der Waals surface area contributed by atoms with Crippen molar-refractivity contribution in [2.24, 2.45) is 0 Å². The summed E-state index contributed by atoms with van der Waals surface area (Å²) in [5.41, 5.74) is 5.66. The molecule has 0 heterocycles. The third kappa shape index (κ3) is 2.14. The molecule has 0 fully saturated rings. The van der Waals surface area contributed by atoms with E-state index in [9.17, 15) is 9.90 Å². The van der Waals surface area contributed by atoms with Gasteiger partial charge in [0.25, 0.3) is 0 Å². The van der Waals surface area contributed by atoms with E-state index in [4.69, 9.17) is 17.3 Å². The molecule has 0 saturated heterocycles. The molecule has 3 nitrogen and oxygen atoms in total. The number of nitrogen functional groups attached to an aromatic ring is 1. The van der Waals surface area contributed by atoms with Crippen molar-refractivity contribution in [1.82, 2.24) is 0 Å². The lowest BCUT2D eigenvalue weighted by Gasteiger charge is -2.05. The summed E-state index contributed by atoms with van der Waals surface area (Å²) in [5.74, 6) is -0.472. The van der Waals surface area contributed by atoms with E-state index >= 15 is 0 Å². The van der Waals surface area contributed by atoms with Gasteiger partial charge in [0.1, 0.15) is 5.75 Å². The fraction of sp³-hybridized carbons (Fsp3) is 0.125. The highest BCUT2D eigenvalue weighted by atomic mass is 79.9. The van der Waals surface area contributed by atoms with Crippen molar-refractivity contribution < 1.29 is 9.90 Å². The standard InChI is InChI=1S/C8H7BrClNO2/c9-3-7(12)5-1-4(10)2-6(11)8(5)13/h1-2,13H,3,11H2. The van der Waals surface area contributed by atoms with Crippen molar-refractivity contribution in [2.75, 3.05) is 11.1 Å². The minimum Gasteiger partial charge on any atom is -0.505 e. The molecule has 0 bridgehead atoms. The average molecular weight is 265 g/mol. The summed E-state index contributed by atoms with van der Waals surface area (Å²) in [6.45, 7) is 0. The molecule has 0 aromatic heterocycles. The first-order valence-electron chi connectivity index (χ1n) is 3.43. The fourth-order valence-corrected chi connectivity index (χ4v) is 1.43. The van der Waals surface area contributed by atoms with Crippen LogP contribution >= 0.6 is 27.5 Å². The molecule has 13 heavy (non-hydrogen) atoms. The first-order chi connectivity index (χ1) is 6.06. The number of halogens is 2. The van der Waals surface area contributed by atoms with Crippen LogP contribution in [0.25, 0.3) is 0 Å². The Morgan fingerprint density at radius 2 is 2.23 bits per heavy atom. The lowest BCUT2D eigenvalue weighted by molar-refractivity contribution is 0.102. The van der Waals surface area contributed by atoms with Gasteiger partial charge in [-0.1, -0.05) is 27.5 Å². The van der Waals surface area contributed by atoms with Gasteiger partial charge in [0.2, 0.25) is 0 Å². The highest BCUT2D eigenvalue weighted by molar-refractivity contribution is 9.09. The fourth-order valence-electron chi connectivity index (χ4n) is 0.905. The lowest BCUT2D eigenvalue weighted by Crippen LogP contribution is -2.02. The number of phenolic OH excluding ortho intramolecular Hbond substituents is 1. The molecule has 0 spiro atoms. The molecule has 0 aliphatic heterocycles. The molecule has 1 aromatic rings. The van der Waals surface area contributed by atoms with Crippen molar-refractivity contribution in [1.29, 1.82) is 0 Å². The monoisotopic (exact) mass is 263 g/mol. The Kier molecular flexibility index (Phi) is 3.17. The van der Waals surface area contributed by atoms with Crippen molar-refractivity contribution in [3.05, 3.63) is 22.7 Å². The van der Waals surface area contributed by atoms with Gasteiger partial charge in [-0.3, -0.25) is 4.79 Å². The van der Waals surface area contributed by atoms with Crippen LogP contribution in [-0.2, 0) is 0 Å². The SMILES string of the molecule is Nc1cc(Cl)cc(C(=O)CBr)c1O. The summed E-state index contributed by atoms with van der Waals surface area (Å²) in [5, 5.41) is 9.86. The van der Waals surface area contributed by atoms with Gasteiger partial charge in [0.05, 0.1) is 16.6 Å². The van der Waals surface area contributed by atoms with Crippen LogP contribution in [0.2, 0.25) is 5.02 Å². The highest BCUT2D eigenvalue weighted by Gasteiger charge is 2.13. The zero-order valence-electron chi connectivity index (χ0n) is 6.55. The number of alkyl halides is 1. The van der Waals surface area contributed by atoms with Gasteiger partial charge in [-0.2, -0.15) is 0 Å². The number of hydrogen-bond acceptors (Lipinski definition) is 3. The molecule has 0 aliphatic carbocycles. The number of hydrogen-bond donors (Lipinski definition) is 2. The second-order valence-electron chi connectivity index (χ2n) is 2.45. The number of ketones is 1. The molecular weight excluding hydrogens is 257 g/mol. The van der Waals surface area contributed by atoms with Crippen LogP contribution < -0.4 is 5.73 Å². The number of aromatic hydroxyl groups is 1. The molecule has 0 amide bonds. The van der Waals surface area contributed by atoms with E-state index in [2.05, 4.69) is 15.9 Å². The number of rotatable bonds is 2. The van der Waals surface area contributed by atoms with Crippen molar-refractivity contribution in [3.8, 4) is 5.75 Å². The summed E-state index contributed by atoms with van der Waals surface area (Å²) < 4.78 is 0. The maximum absolute atomic E-state index is 11.2. The van der Waals surface area contributed by atoms with E-state index in [-0.39, 0.29) is 28.1 Å². The van der Waals surface area contributed by atoms with E-state index in [0.29, 0.717) is 5.02 Å². The van der Waals surface area contributed by atoms with Crippen molar-refractivity contribution in [3.63, 3.8) is 0 Å². The number of benzene rings is 1. The number of Topliss-reactive ketones (excluding diaryl/α,β-unsaturated/α-hetero) is 1. The Hall–Kier alpha value is -0.740. The zero-order valence-corrected chi connectivity index (χ0v) is 8.89. The molecule has 5 heteroatoms. The Bertz CT molecular complexity index is 354. The van der Waals surface area contributed by atoms with E-state index in [1.807, 2.05) is 0 Å². The third-order valence-corrected chi connectivity index (χ3v) is 2.25. The third-order valence-electron chi connectivity index (χ3n) is 1.53. The van der Waals surface area contributed by atoms with Gasteiger partial charge in [0.15, 0.2) is 5.78 Å². The molecule has 1 aromatic carbocycles. The Morgan fingerprint density at radius 1 is 1.62 bits per heavy atom. The Morgan fingerprint density at radius 3 is 2.77 bits per heavy atom. The molecule has 0 unspecified atom stereocenters. The molecule has 1 rings (SSSR count). The highest BCUT2D eigenvalue weighted by Crippen LogP contribution is 2.29. The summed E-state index contributed by atoms with van der Waals surface area (Å²) in [6, 6.07) is 2.78. The van der Waals surface area contributed by atoms with Gasteiger partial charge in [-0.25, -0.2) is 0 Å². The topological polar surface area (TPSA) is 63.3 Å². The number of nitrogens with two attached hydrogens (primary N) is 1. The van der Waals surface area contributed by atoms with Gasteiger partial charge in [0, 0.05) is 5.02 Å². The van der Waals surface area contributed by atoms with Crippen molar-refractivity contribution >= 4 is 39.0 Å². The van der Waals surface area contributed by atoms with E-state index in [0.717, 1.165) is 0 Å². The van der Waals surface area contributed by atoms with Crippen LogP contribution in [0.3, 0.4) is 0 Å². The van der Waals surface area contributed by atoms with E-state index in [1.165, 1.54) is 12.1 Å². The molecule has 3 N–H and O–H groups in total. The normalized spacial score (nSPS) is 10.0. The maximum atomic E-state index is 11.2. The maximum Gasteiger partial charge on any atom is 0.177 e. The smallest absolute Gasteiger partial charge is 0.177 e. The summed E-state index contributed by atoms with van der Waals surface area (Å²) in [6.07, 6.45) is 0. The summed E-state index contributed by atoms with van der Waals surface area (Å²) in [4.78, 5) is 11.2. The summed E-state index contributed by atoms with van der Waals surface area (Å²) in [7, 11) is 0. The van der Waals surface area contributed by atoms with Gasteiger partial charge >= 0.3 is 0 Å². The lowest BCUT2D eigenvalue weighted by atomic mass is 10.1. The predicted octanol–water partition coefficient (Wildman–Crippen LogP) is 2.21. The van der Waals surface area contributed by atoms with Crippen LogP contribution in [-0.4, -0.2) is 16.2 Å². The number of phenols is 1. The number of carbonyl (C=O) groups is 1. The van der Waals surface area contributed by atoms with Crippen molar-refractivity contribution in [2.45, 2.75) is 0 Å². The molecule has 0 saturated carbocycles. The Balaban J connectivity index is 3.28. The molecule has 0 aliphatic rings. The Labute approximate surface area is 88.6 Å². The quantitative estimate of drug-likeness (QED) is 0.372. The average Bonchev–Trinajstić information content (AvgIpc) is 2.10. The van der Waals surface area contributed by atoms with Gasteiger partial charge in [-0.05, 0) is 12.1 Å². The molecule has 70 valence electrons. The van der Waals surface area contributed by atoms with Crippen LogP contribution in [0.5, 0.6) is 5.75 Å². The van der Waals surface area contributed by atoms with E-state index < -0.39 is 0 Å². The van der Waals surface area contributed by atoms with Crippen LogP contribution in [0, 0.1) is 0 Å². The second kappa shape index (κ2) is 3.98. The van der Waals surface area contributed by atoms with Gasteiger partial charge in [-0.15, -0.1) is 0 Å². The van der Waals surface area contributed by atoms with Crippen LogP contribution in [0.15, 0.2) is 12.1 Å². The van der Waals surface area contributed by atoms with E-state index in [1.54, 1.807) is 0 Å². The molecule has 0 atom stereocenters. The zero-order chi connectivity index (χ0) is 10.0. The number of anilines is 1. The predicted molar refractivity (Wildman–Crippen MR) is 55.7 cm³/mol. The van der Waals surface area contributed by atoms with Gasteiger partial charge < -0.3 is 10.8 Å². The molecule has 0 radical (unpaired) electrons. The first kappa shape index (κ1) is 10.3. The largest absolute Gasteiger partial charge is 0.505 e. The number of carbonyl (C=O) groups excluding carboxylic acids is 1. The first-order valence-corrected chi connectivity index (χ1v) is 4.93. The van der Waals surface area contributed by atoms with Crippen LogP contribution in [0.4, 0.5) is 5.69 Å². The molecular formula is C8H7BrClNO2. The second-order valence-corrected chi connectivity index (χ2v) is 3.45. The van der Waals surface area contributed by atoms with Crippen LogP contribution in [0.1, 0.15) is 10.4 Å². The minimum absolute atomic E-state index is 0.108.